The molecule has 0 N–H and O–H groups in total. The highest BCUT2D eigenvalue weighted by Crippen LogP contribution is 2.49. The summed E-state index contributed by atoms with van der Waals surface area (Å²) >= 11 is 0. The van der Waals surface area contributed by atoms with Gasteiger partial charge in [-0.05, 0) is 113 Å². The molecular weight excluding hydrogens is 480 g/mol. The highest BCUT2D eigenvalue weighted by atomic mass is 14.3. The highest BCUT2D eigenvalue weighted by molar-refractivity contribution is 6.25. The lowest BCUT2D eigenvalue weighted by atomic mass is 9.75. The van der Waals surface area contributed by atoms with Crippen LogP contribution in [0.15, 0.2) is 121 Å². The minimum atomic E-state index is 0.573. The Labute approximate surface area is 235 Å². The number of benzene rings is 7. The van der Waals surface area contributed by atoms with E-state index in [9.17, 15) is 0 Å². The molecule has 192 valence electrons. The molecule has 0 aromatic heterocycles. The molecule has 7 aromatic rings. The van der Waals surface area contributed by atoms with Gasteiger partial charge in [0, 0.05) is 0 Å². The van der Waals surface area contributed by atoms with Crippen molar-refractivity contribution in [1.82, 2.24) is 0 Å². The van der Waals surface area contributed by atoms with Crippen molar-refractivity contribution in [3.8, 4) is 22.3 Å². The van der Waals surface area contributed by atoms with Gasteiger partial charge in [0.1, 0.15) is 0 Å². The van der Waals surface area contributed by atoms with Gasteiger partial charge in [-0.15, -0.1) is 0 Å². The zero-order valence-electron chi connectivity index (χ0n) is 23.1. The predicted octanol–water partition coefficient (Wildman–Crippen LogP) is 11.6. The van der Waals surface area contributed by atoms with Gasteiger partial charge in [0.05, 0.1) is 0 Å². The van der Waals surface area contributed by atoms with Crippen molar-refractivity contribution < 1.29 is 0 Å². The SMILES string of the molecule is CC1CCC(C)c2cc3c(-c4cccc5ccccc45)c4ccccc4c(-c4cccc5ccccc45)c3cc21. The summed E-state index contributed by atoms with van der Waals surface area (Å²) < 4.78 is 0. The summed E-state index contributed by atoms with van der Waals surface area (Å²) in [6, 6.07) is 45.5. The molecule has 0 bridgehead atoms. The molecule has 0 nitrogen and oxygen atoms in total. The summed E-state index contributed by atoms with van der Waals surface area (Å²) in [6.45, 7) is 4.83. The summed E-state index contributed by atoms with van der Waals surface area (Å²) in [7, 11) is 0. The first kappa shape index (κ1) is 23.5. The van der Waals surface area contributed by atoms with Crippen LogP contribution in [0.4, 0.5) is 0 Å². The van der Waals surface area contributed by atoms with E-state index in [1.54, 1.807) is 0 Å². The molecule has 40 heavy (non-hydrogen) atoms. The summed E-state index contributed by atoms with van der Waals surface area (Å²) in [5.74, 6) is 1.15. The maximum atomic E-state index is 2.57. The quantitative estimate of drug-likeness (QED) is 0.202. The second-order valence-corrected chi connectivity index (χ2v) is 11.8. The van der Waals surface area contributed by atoms with E-state index in [2.05, 4.69) is 135 Å². The van der Waals surface area contributed by atoms with E-state index in [-0.39, 0.29) is 0 Å². The van der Waals surface area contributed by atoms with Gasteiger partial charge in [-0.2, -0.15) is 0 Å². The van der Waals surface area contributed by atoms with Crippen molar-refractivity contribution >= 4 is 43.1 Å². The molecule has 0 saturated carbocycles. The first-order chi connectivity index (χ1) is 19.7. The lowest BCUT2D eigenvalue weighted by Crippen LogP contribution is -2.11. The zero-order chi connectivity index (χ0) is 26.8. The van der Waals surface area contributed by atoms with Crippen LogP contribution in [-0.2, 0) is 0 Å². The highest BCUT2D eigenvalue weighted by Gasteiger charge is 2.26. The maximum absolute atomic E-state index is 2.57. The molecule has 0 amide bonds. The Morgan fingerprint density at radius 2 is 0.775 bits per heavy atom. The minimum Gasteiger partial charge on any atom is -0.0616 e. The van der Waals surface area contributed by atoms with Gasteiger partial charge in [-0.3, -0.25) is 0 Å². The minimum absolute atomic E-state index is 0.573. The third-order valence-electron chi connectivity index (χ3n) is 9.44. The second kappa shape index (κ2) is 9.07. The molecule has 8 rings (SSSR count). The lowest BCUT2D eigenvalue weighted by Gasteiger charge is -2.30. The van der Waals surface area contributed by atoms with Gasteiger partial charge >= 0.3 is 0 Å². The summed E-state index contributed by atoms with van der Waals surface area (Å²) in [4.78, 5) is 0. The number of hydrogen-bond acceptors (Lipinski definition) is 0. The smallest absolute Gasteiger partial charge is 0.00200 e. The van der Waals surface area contributed by atoms with E-state index < -0.39 is 0 Å². The van der Waals surface area contributed by atoms with Gasteiger partial charge < -0.3 is 0 Å². The fraction of sp³-hybridized carbons (Fsp3) is 0.150. The van der Waals surface area contributed by atoms with Crippen LogP contribution in [0, 0.1) is 0 Å². The Morgan fingerprint density at radius 3 is 1.23 bits per heavy atom. The molecule has 1 aliphatic rings. The van der Waals surface area contributed by atoms with Crippen molar-refractivity contribution in [3.63, 3.8) is 0 Å². The summed E-state index contributed by atoms with van der Waals surface area (Å²) in [5.41, 5.74) is 8.43. The van der Waals surface area contributed by atoms with Gasteiger partial charge in [0.2, 0.25) is 0 Å². The predicted molar refractivity (Wildman–Crippen MR) is 173 cm³/mol. The van der Waals surface area contributed by atoms with Crippen LogP contribution in [0.5, 0.6) is 0 Å². The fourth-order valence-electron chi connectivity index (χ4n) is 7.39. The molecule has 7 aromatic carbocycles. The van der Waals surface area contributed by atoms with E-state index >= 15 is 0 Å². The molecule has 0 radical (unpaired) electrons. The number of hydrogen-bond donors (Lipinski definition) is 0. The van der Waals surface area contributed by atoms with Crippen LogP contribution in [0.1, 0.15) is 49.7 Å². The molecule has 0 aliphatic heterocycles. The normalized spacial score (nSPS) is 17.1. The average Bonchev–Trinajstić information content (AvgIpc) is 3.01. The number of fused-ring (bicyclic) bond motifs is 5. The van der Waals surface area contributed by atoms with E-state index in [1.807, 2.05) is 0 Å². The van der Waals surface area contributed by atoms with Crippen LogP contribution < -0.4 is 0 Å². The Bertz CT molecular complexity index is 1930. The van der Waals surface area contributed by atoms with E-state index in [0.29, 0.717) is 11.8 Å². The molecule has 2 unspecified atom stereocenters. The Morgan fingerprint density at radius 1 is 0.400 bits per heavy atom. The first-order valence-corrected chi connectivity index (χ1v) is 14.7. The van der Waals surface area contributed by atoms with Crippen molar-refractivity contribution in [2.75, 3.05) is 0 Å². The Balaban J connectivity index is 1.62. The van der Waals surface area contributed by atoms with Crippen molar-refractivity contribution in [2.24, 2.45) is 0 Å². The first-order valence-electron chi connectivity index (χ1n) is 14.7. The summed E-state index contributed by atoms with van der Waals surface area (Å²) in [5, 5.41) is 10.6. The molecule has 2 atom stereocenters. The van der Waals surface area contributed by atoms with Crippen LogP contribution in [-0.4, -0.2) is 0 Å². The molecule has 1 aliphatic carbocycles. The molecule has 0 heterocycles. The monoisotopic (exact) mass is 512 g/mol. The third kappa shape index (κ3) is 3.45. The van der Waals surface area contributed by atoms with Crippen LogP contribution in [0.3, 0.4) is 0 Å². The van der Waals surface area contributed by atoms with Gasteiger partial charge in [0.25, 0.3) is 0 Å². The summed E-state index contributed by atoms with van der Waals surface area (Å²) in [6.07, 6.45) is 2.51. The molecule has 0 saturated heterocycles. The van der Waals surface area contributed by atoms with Crippen molar-refractivity contribution in [1.29, 1.82) is 0 Å². The topological polar surface area (TPSA) is 0 Å². The second-order valence-electron chi connectivity index (χ2n) is 11.8. The van der Waals surface area contributed by atoms with Gasteiger partial charge in [-0.1, -0.05) is 123 Å². The Hall–Kier alpha value is -4.42. The molecular formula is C40H32. The lowest BCUT2D eigenvalue weighted by molar-refractivity contribution is 0.528. The number of rotatable bonds is 2. The van der Waals surface area contributed by atoms with Crippen LogP contribution >= 0.6 is 0 Å². The molecule has 0 spiro atoms. The van der Waals surface area contributed by atoms with Crippen LogP contribution in [0.25, 0.3) is 65.3 Å². The average molecular weight is 513 g/mol. The van der Waals surface area contributed by atoms with Crippen molar-refractivity contribution in [3.05, 3.63) is 132 Å². The van der Waals surface area contributed by atoms with Gasteiger partial charge in [-0.25, -0.2) is 0 Å². The fourth-order valence-corrected chi connectivity index (χ4v) is 7.39. The standard InChI is InChI=1S/C40H32/c1-25-21-22-26(2)36-24-38-37(23-35(25)36)39(31-19-9-13-27-11-3-5-15-29(27)31)33-17-7-8-18-34(33)40(38)32-20-10-14-28-12-4-6-16-30(28)32/h3-20,23-26H,21-22H2,1-2H3. The van der Waals surface area contributed by atoms with E-state index in [1.165, 1.54) is 89.3 Å². The molecule has 0 fully saturated rings. The molecule has 0 heteroatoms. The zero-order valence-corrected chi connectivity index (χ0v) is 23.1. The Kier molecular flexibility index (Phi) is 5.32. The van der Waals surface area contributed by atoms with Crippen molar-refractivity contribution in [2.45, 2.75) is 38.5 Å². The van der Waals surface area contributed by atoms with Gasteiger partial charge in [0.15, 0.2) is 0 Å². The van der Waals surface area contributed by atoms with Crippen LogP contribution in [0.2, 0.25) is 0 Å². The maximum Gasteiger partial charge on any atom is -0.00200 e. The third-order valence-corrected chi connectivity index (χ3v) is 9.44. The van der Waals surface area contributed by atoms with E-state index in [4.69, 9.17) is 0 Å². The van der Waals surface area contributed by atoms with E-state index in [0.717, 1.165) is 0 Å². The largest absolute Gasteiger partial charge is 0.0616 e.